The molecule has 0 spiro atoms. The fourth-order valence-electron chi connectivity index (χ4n) is 1.84. The molecule has 0 aliphatic carbocycles. The number of nitrogens with zero attached hydrogens (tertiary/aromatic N) is 3. The van der Waals surface area contributed by atoms with Crippen LogP contribution in [0.15, 0.2) is 12.1 Å². The van der Waals surface area contributed by atoms with Crippen molar-refractivity contribution in [3.8, 4) is 0 Å². The molecule has 18 heavy (non-hydrogen) atoms. The van der Waals surface area contributed by atoms with E-state index in [1.807, 2.05) is 0 Å². The molecule has 5 nitrogen and oxygen atoms in total. The minimum atomic E-state index is -2.70. The van der Waals surface area contributed by atoms with Gasteiger partial charge in [-0.05, 0) is 6.07 Å². The Hall–Kier alpha value is -1.50. The molecule has 1 aliphatic rings. The van der Waals surface area contributed by atoms with Crippen molar-refractivity contribution in [1.29, 1.82) is 0 Å². The third-order valence-corrected chi connectivity index (χ3v) is 3.02. The Morgan fingerprint density at radius 2 is 2.00 bits per heavy atom. The number of pyridine rings is 1. The highest BCUT2D eigenvalue weighted by Crippen LogP contribution is 2.34. The van der Waals surface area contributed by atoms with E-state index in [4.69, 9.17) is 11.6 Å². The topological polar surface area (TPSA) is 59.3 Å². The van der Waals surface area contributed by atoms with Crippen molar-refractivity contribution >= 4 is 23.1 Å². The zero-order valence-corrected chi connectivity index (χ0v) is 10.0. The molecule has 1 aromatic rings. The number of nitro groups is 1. The molecule has 1 saturated heterocycles. The smallest absolute Gasteiger partial charge is 0.311 e. The average Bonchev–Trinajstić information content (AvgIpc) is 2.28. The predicted octanol–water partition coefficient (Wildman–Crippen LogP) is 2.88. The molecule has 0 aromatic carbocycles. The molecule has 8 heteroatoms. The van der Waals surface area contributed by atoms with Crippen LogP contribution in [0.2, 0.25) is 5.15 Å². The first-order valence-electron chi connectivity index (χ1n) is 5.33. The highest BCUT2D eigenvalue weighted by atomic mass is 35.5. The Labute approximate surface area is 107 Å². The van der Waals surface area contributed by atoms with Gasteiger partial charge in [-0.2, -0.15) is 0 Å². The van der Waals surface area contributed by atoms with E-state index in [0.29, 0.717) is 0 Å². The molecule has 0 atom stereocenters. The lowest BCUT2D eigenvalue weighted by atomic mass is 10.1. The van der Waals surface area contributed by atoms with Crippen molar-refractivity contribution in [3.63, 3.8) is 0 Å². The molecule has 1 aromatic heterocycles. The Morgan fingerprint density at radius 3 is 2.56 bits per heavy atom. The van der Waals surface area contributed by atoms with E-state index in [1.54, 1.807) is 0 Å². The first kappa shape index (κ1) is 12.9. The van der Waals surface area contributed by atoms with Crippen LogP contribution in [0.25, 0.3) is 0 Å². The molecule has 1 fully saturated rings. The van der Waals surface area contributed by atoms with Crippen LogP contribution in [0.1, 0.15) is 12.8 Å². The maximum atomic E-state index is 13.0. The minimum absolute atomic E-state index is 0.0290. The molecule has 2 rings (SSSR count). The summed E-state index contributed by atoms with van der Waals surface area (Å²) in [6, 6.07) is 2.54. The van der Waals surface area contributed by atoms with Crippen LogP contribution in [0.3, 0.4) is 0 Å². The van der Waals surface area contributed by atoms with Crippen LogP contribution in [-0.2, 0) is 0 Å². The summed E-state index contributed by atoms with van der Waals surface area (Å²) in [6.07, 6.45) is -0.670. The van der Waals surface area contributed by atoms with E-state index in [2.05, 4.69) is 4.98 Å². The number of anilines is 1. The number of rotatable bonds is 2. The standard InChI is InChI=1S/C10H10ClF2N3O2/c11-8-2-1-7(16(17)18)9(14-8)15-5-3-10(12,13)4-6-15/h1-2H,3-6H2. The van der Waals surface area contributed by atoms with Gasteiger partial charge in [0, 0.05) is 32.0 Å². The quantitative estimate of drug-likeness (QED) is 0.474. The Balaban J connectivity index is 2.28. The molecular formula is C10H10ClF2N3O2. The summed E-state index contributed by atoms with van der Waals surface area (Å²) in [4.78, 5) is 15.6. The van der Waals surface area contributed by atoms with Gasteiger partial charge in [0.1, 0.15) is 5.15 Å². The molecule has 98 valence electrons. The van der Waals surface area contributed by atoms with Crippen LogP contribution < -0.4 is 4.90 Å². The van der Waals surface area contributed by atoms with Crippen molar-refractivity contribution < 1.29 is 13.7 Å². The van der Waals surface area contributed by atoms with Crippen LogP contribution in [0.5, 0.6) is 0 Å². The number of hydrogen-bond acceptors (Lipinski definition) is 4. The lowest BCUT2D eigenvalue weighted by Crippen LogP contribution is -2.40. The highest BCUT2D eigenvalue weighted by Gasteiger charge is 2.36. The van der Waals surface area contributed by atoms with Gasteiger partial charge < -0.3 is 4.90 Å². The van der Waals surface area contributed by atoms with Crippen molar-refractivity contribution in [3.05, 3.63) is 27.4 Å². The van der Waals surface area contributed by atoms with E-state index in [0.717, 1.165) is 0 Å². The molecule has 0 radical (unpaired) electrons. The van der Waals surface area contributed by atoms with Crippen molar-refractivity contribution in [1.82, 2.24) is 4.98 Å². The van der Waals surface area contributed by atoms with Gasteiger partial charge in [-0.15, -0.1) is 0 Å². The molecule has 0 unspecified atom stereocenters. The lowest BCUT2D eigenvalue weighted by Gasteiger charge is -2.32. The molecule has 0 saturated carbocycles. The van der Waals surface area contributed by atoms with Crippen molar-refractivity contribution in [2.75, 3.05) is 18.0 Å². The van der Waals surface area contributed by atoms with E-state index in [-0.39, 0.29) is 42.6 Å². The second kappa shape index (κ2) is 4.64. The molecular weight excluding hydrogens is 268 g/mol. The summed E-state index contributed by atoms with van der Waals surface area (Å²) in [6.45, 7) is 0.0579. The number of piperidine rings is 1. The Kier molecular flexibility index (Phi) is 3.34. The van der Waals surface area contributed by atoms with Gasteiger partial charge in [0.05, 0.1) is 4.92 Å². The van der Waals surface area contributed by atoms with Gasteiger partial charge in [0.2, 0.25) is 5.82 Å². The van der Waals surface area contributed by atoms with Gasteiger partial charge >= 0.3 is 5.69 Å². The number of hydrogen-bond donors (Lipinski definition) is 0. The van der Waals surface area contributed by atoms with Gasteiger partial charge in [-0.1, -0.05) is 11.6 Å². The zero-order chi connectivity index (χ0) is 13.3. The molecule has 1 aliphatic heterocycles. The largest absolute Gasteiger partial charge is 0.350 e. The van der Waals surface area contributed by atoms with Crippen molar-refractivity contribution in [2.24, 2.45) is 0 Å². The maximum Gasteiger partial charge on any atom is 0.311 e. The van der Waals surface area contributed by atoms with E-state index in [1.165, 1.54) is 17.0 Å². The first-order valence-corrected chi connectivity index (χ1v) is 5.70. The molecule has 2 heterocycles. The number of alkyl halides is 2. The Morgan fingerprint density at radius 1 is 1.39 bits per heavy atom. The number of halogens is 3. The van der Waals surface area contributed by atoms with E-state index in [9.17, 15) is 18.9 Å². The minimum Gasteiger partial charge on any atom is -0.350 e. The lowest BCUT2D eigenvalue weighted by molar-refractivity contribution is -0.384. The van der Waals surface area contributed by atoms with Crippen LogP contribution in [-0.4, -0.2) is 28.9 Å². The van der Waals surface area contributed by atoms with E-state index >= 15 is 0 Å². The monoisotopic (exact) mass is 277 g/mol. The first-order chi connectivity index (χ1) is 8.39. The summed E-state index contributed by atoms with van der Waals surface area (Å²) in [5, 5.41) is 11.0. The summed E-state index contributed by atoms with van der Waals surface area (Å²) in [5.74, 6) is -2.65. The molecule has 0 bridgehead atoms. The predicted molar refractivity (Wildman–Crippen MR) is 62.3 cm³/mol. The van der Waals surface area contributed by atoms with Gasteiger partial charge in [0.25, 0.3) is 5.92 Å². The number of aromatic nitrogens is 1. The fourth-order valence-corrected chi connectivity index (χ4v) is 1.98. The van der Waals surface area contributed by atoms with Crippen LogP contribution in [0.4, 0.5) is 20.3 Å². The Bertz CT molecular complexity index is 474. The van der Waals surface area contributed by atoms with Gasteiger partial charge in [-0.3, -0.25) is 10.1 Å². The molecule has 0 amide bonds. The fraction of sp³-hybridized carbons (Fsp3) is 0.500. The molecule has 0 N–H and O–H groups in total. The van der Waals surface area contributed by atoms with Crippen LogP contribution >= 0.6 is 11.6 Å². The third-order valence-electron chi connectivity index (χ3n) is 2.81. The van der Waals surface area contributed by atoms with E-state index < -0.39 is 10.8 Å². The summed E-state index contributed by atoms with van der Waals surface area (Å²) in [7, 11) is 0. The highest BCUT2D eigenvalue weighted by molar-refractivity contribution is 6.29. The van der Waals surface area contributed by atoms with Gasteiger partial charge in [-0.25, -0.2) is 13.8 Å². The summed E-state index contributed by atoms with van der Waals surface area (Å²) in [5.41, 5.74) is -0.218. The SMILES string of the molecule is O=[N+]([O-])c1ccc(Cl)nc1N1CCC(F)(F)CC1. The van der Waals surface area contributed by atoms with Crippen LogP contribution in [0, 0.1) is 10.1 Å². The third kappa shape index (κ3) is 2.66. The normalized spacial score (nSPS) is 18.7. The second-order valence-electron chi connectivity index (χ2n) is 4.08. The maximum absolute atomic E-state index is 13.0. The zero-order valence-electron chi connectivity index (χ0n) is 9.28. The van der Waals surface area contributed by atoms with Crippen molar-refractivity contribution in [2.45, 2.75) is 18.8 Å². The van der Waals surface area contributed by atoms with Gasteiger partial charge in [0.15, 0.2) is 0 Å². The summed E-state index contributed by atoms with van der Waals surface area (Å²) < 4.78 is 26.0. The second-order valence-corrected chi connectivity index (χ2v) is 4.46. The summed E-state index contributed by atoms with van der Waals surface area (Å²) >= 11 is 5.69. The average molecular weight is 278 g/mol.